The summed E-state index contributed by atoms with van der Waals surface area (Å²) in [6.45, 7) is 1.86. The molecular formula is C13H17NO5S2. The van der Waals surface area contributed by atoms with Crippen LogP contribution in [0.1, 0.15) is 22.3 Å². The van der Waals surface area contributed by atoms with Crippen LogP contribution in [0.3, 0.4) is 0 Å². The number of hydrogen-bond donors (Lipinski definition) is 3. The first-order valence-electron chi connectivity index (χ1n) is 6.45. The molecule has 1 aliphatic rings. The lowest BCUT2D eigenvalue weighted by molar-refractivity contribution is 0.0693. The van der Waals surface area contributed by atoms with Gasteiger partial charge in [-0.1, -0.05) is 0 Å². The fraction of sp³-hybridized carbons (Fsp3) is 0.462. The first-order valence-corrected chi connectivity index (χ1v) is 9.09. The standard InChI is InChI=1S/C13H17NO5S2/c1-8-4-11(15)10(13(16)17)5-12(8)21(18,19)14-6-9-2-3-20-7-9/h4-5,9,14-15H,2-3,6-7H2,1H3,(H,16,17). The minimum Gasteiger partial charge on any atom is -0.507 e. The molecule has 3 N–H and O–H groups in total. The number of benzene rings is 1. The number of nitrogens with one attached hydrogen (secondary N) is 1. The molecule has 2 rings (SSSR count). The van der Waals surface area contributed by atoms with Gasteiger partial charge in [-0.05, 0) is 48.5 Å². The summed E-state index contributed by atoms with van der Waals surface area (Å²) in [5.41, 5.74) is -0.108. The van der Waals surface area contributed by atoms with Gasteiger partial charge in [0.15, 0.2) is 0 Å². The van der Waals surface area contributed by atoms with Crippen molar-refractivity contribution in [1.29, 1.82) is 0 Å². The lowest BCUT2D eigenvalue weighted by Crippen LogP contribution is -2.30. The van der Waals surface area contributed by atoms with E-state index in [0.717, 1.165) is 30.1 Å². The third kappa shape index (κ3) is 3.69. The number of hydrogen-bond acceptors (Lipinski definition) is 5. The highest BCUT2D eigenvalue weighted by Gasteiger charge is 2.24. The minimum atomic E-state index is -3.78. The van der Waals surface area contributed by atoms with E-state index in [-0.39, 0.29) is 4.90 Å². The third-order valence-corrected chi connectivity index (χ3v) is 6.20. The topological polar surface area (TPSA) is 104 Å². The summed E-state index contributed by atoms with van der Waals surface area (Å²) in [6.07, 6.45) is 0.974. The molecule has 0 saturated carbocycles. The van der Waals surface area contributed by atoms with Gasteiger partial charge in [0, 0.05) is 6.54 Å². The zero-order valence-electron chi connectivity index (χ0n) is 11.5. The van der Waals surface area contributed by atoms with Crippen molar-refractivity contribution in [2.45, 2.75) is 18.2 Å². The number of carboxylic acids is 1. The van der Waals surface area contributed by atoms with Crippen LogP contribution in [-0.4, -0.2) is 42.7 Å². The summed E-state index contributed by atoms with van der Waals surface area (Å²) < 4.78 is 27.1. The first-order chi connectivity index (χ1) is 9.81. The molecule has 0 spiro atoms. The van der Waals surface area contributed by atoms with Crippen molar-refractivity contribution in [3.05, 3.63) is 23.3 Å². The molecule has 0 amide bonds. The molecule has 0 aromatic heterocycles. The van der Waals surface area contributed by atoms with E-state index >= 15 is 0 Å². The molecule has 1 aromatic rings. The number of phenols is 1. The number of sulfonamides is 1. The Hall–Kier alpha value is -1.25. The number of carbonyl (C=O) groups is 1. The number of aromatic carboxylic acids is 1. The molecular weight excluding hydrogens is 314 g/mol. The zero-order chi connectivity index (χ0) is 15.6. The van der Waals surface area contributed by atoms with E-state index in [1.54, 1.807) is 11.8 Å². The Morgan fingerprint density at radius 3 is 2.76 bits per heavy atom. The zero-order valence-corrected chi connectivity index (χ0v) is 13.1. The Balaban J connectivity index is 2.26. The molecule has 1 atom stereocenters. The van der Waals surface area contributed by atoms with Crippen LogP contribution in [-0.2, 0) is 10.0 Å². The molecule has 0 bridgehead atoms. The highest BCUT2D eigenvalue weighted by atomic mass is 32.2. The Labute approximate surface area is 127 Å². The fourth-order valence-electron chi connectivity index (χ4n) is 2.18. The van der Waals surface area contributed by atoms with E-state index in [1.165, 1.54) is 6.92 Å². The third-order valence-electron chi connectivity index (χ3n) is 3.40. The van der Waals surface area contributed by atoms with Gasteiger partial charge in [-0.2, -0.15) is 11.8 Å². The summed E-state index contributed by atoms with van der Waals surface area (Å²) in [4.78, 5) is 10.9. The average Bonchev–Trinajstić information content (AvgIpc) is 2.88. The van der Waals surface area contributed by atoms with Crippen LogP contribution in [0, 0.1) is 12.8 Å². The number of aryl methyl sites for hydroxylation is 1. The van der Waals surface area contributed by atoms with Crippen LogP contribution >= 0.6 is 11.8 Å². The maximum atomic E-state index is 12.3. The summed E-state index contributed by atoms with van der Waals surface area (Å²) in [5.74, 6) is 0.467. The highest BCUT2D eigenvalue weighted by Crippen LogP contribution is 2.26. The van der Waals surface area contributed by atoms with Gasteiger partial charge in [0.25, 0.3) is 0 Å². The van der Waals surface area contributed by atoms with Gasteiger partial charge < -0.3 is 10.2 Å². The van der Waals surface area contributed by atoms with Crippen LogP contribution in [0.25, 0.3) is 0 Å². The number of carboxylic acid groups (broad SMARTS) is 1. The van der Waals surface area contributed by atoms with Crippen LogP contribution in [0.15, 0.2) is 17.0 Å². The second-order valence-corrected chi connectivity index (χ2v) is 7.91. The van der Waals surface area contributed by atoms with Gasteiger partial charge in [-0.3, -0.25) is 0 Å². The van der Waals surface area contributed by atoms with Crippen molar-refractivity contribution >= 4 is 27.8 Å². The predicted octanol–water partition coefficient (Wildman–Crippen LogP) is 1.43. The molecule has 0 radical (unpaired) electrons. The quantitative estimate of drug-likeness (QED) is 0.754. The first kappa shape index (κ1) is 16.1. The van der Waals surface area contributed by atoms with E-state index in [0.29, 0.717) is 18.0 Å². The molecule has 116 valence electrons. The molecule has 0 aliphatic carbocycles. The van der Waals surface area contributed by atoms with Gasteiger partial charge in [0.05, 0.1) is 4.90 Å². The van der Waals surface area contributed by atoms with Crippen LogP contribution in [0.2, 0.25) is 0 Å². The predicted molar refractivity (Wildman–Crippen MR) is 80.4 cm³/mol. The second kappa shape index (κ2) is 6.25. The van der Waals surface area contributed by atoms with Crippen molar-refractivity contribution in [1.82, 2.24) is 4.72 Å². The van der Waals surface area contributed by atoms with Gasteiger partial charge in [-0.25, -0.2) is 17.9 Å². The second-order valence-electron chi connectivity index (χ2n) is 5.02. The average molecular weight is 331 g/mol. The van der Waals surface area contributed by atoms with Crippen molar-refractivity contribution in [3.63, 3.8) is 0 Å². The lowest BCUT2D eigenvalue weighted by atomic mass is 10.1. The number of thioether (sulfide) groups is 1. The molecule has 6 nitrogen and oxygen atoms in total. The van der Waals surface area contributed by atoms with Crippen LogP contribution in [0.5, 0.6) is 5.75 Å². The normalized spacial score (nSPS) is 18.8. The number of rotatable bonds is 5. The summed E-state index contributed by atoms with van der Waals surface area (Å²) in [5, 5.41) is 18.5. The fourth-order valence-corrected chi connectivity index (χ4v) is 4.83. The van der Waals surface area contributed by atoms with E-state index in [9.17, 15) is 18.3 Å². The minimum absolute atomic E-state index is 0.108. The molecule has 1 fully saturated rings. The molecule has 1 heterocycles. The largest absolute Gasteiger partial charge is 0.507 e. The molecule has 1 saturated heterocycles. The summed E-state index contributed by atoms with van der Waals surface area (Å²) >= 11 is 1.79. The van der Waals surface area contributed by atoms with Gasteiger partial charge in [0.2, 0.25) is 10.0 Å². The Bertz CT molecular complexity index is 651. The smallest absolute Gasteiger partial charge is 0.339 e. The van der Waals surface area contributed by atoms with Gasteiger partial charge in [-0.15, -0.1) is 0 Å². The van der Waals surface area contributed by atoms with E-state index in [2.05, 4.69) is 4.72 Å². The molecule has 1 unspecified atom stereocenters. The van der Waals surface area contributed by atoms with E-state index in [1.807, 2.05) is 0 Å². The Kier molecular flexibility index (Phi) is 4.80. The summed E-state index contributed by atoms with van der Waals surface area (Å²) in [6, 6.07) is 2.15. The molecule has 1 aromatic carbocycles. The van der Waals surface area contributed by atoms with Crippen LogP contribution in [0.4, 0.5) is 0 Å². The lowest BCUT2D eigenvalue weighted by Gasteiger charge is -2.13. The van der Waals surface area contributed by atoms with Crippen molar-refractivity contribution in [2.75, 3.05) is 18.1 Å². The molecule has 21 heavy (non-hydrogen) atoms. The molecule has 8 heteroatoms. The van der Waals surface area contributed by atoms with Gasteiger partial charge >= 0.3 is 5.97 Å². The maximum absolute atomic E-state index is 12.3. The van der Waals surface area contributed by atoms with E-state index in [4.69, 9.17) is 5.11 Å². The monoisotopic (exact) mass is 331 g/mol. The SMILES string of the molecule is Cc1cc(O)c(C(=O)O)cc1S(=O)(=O)NCC1CCSC1. The maximum Gasteiger partial charge on any atom is 0.339 e. The van der Waals surface area contributed by atoms with Crippen LogP contribution < -0.4 is 4.72 Å². The number of aromatic hydroxyl groups is 1. The van der Waals surface area contributed by atoms with E-state index < -0.39 is 27.3 Å². The Morgan fingerprint density at radius 2 is 2.19 bits per heavy atom. The van der Waals surface area contributed by atoms with Gasteiger partial charge in [0.1, 0.15) is 11.3 Å². The van der Waals surface area contributed by atoms with Crippen molar-refractivity contribution < 1.29 is 23.4 Å². The Morgan fingerprint density at radius 1 is 1.48 bits per heavy atom. The molecule has 1 aliphatic heterocycles. The van der Waals surface area contributed by atoms with Crippen molar-refractivity contribution in [2.24, 2.45) is 5.92 Å². The highest BCUT2D eigenvalue weighted by molar-refractivity contribution is 7.99. The van der Waals surface area contributed by atoms with Crippen molar-refractivity contribution in [3.8, 4) is 5.75 Å². The summed E-state index contributed by atoms with van der Waals surface area (Å²) in [7, 11) is -3.78.